The summed E-state index contributed by atoms with van der Waals surface area (Å²) in [5.74, 6) is 0. The van der Waals surface area contributed by atoms with Gasteiger partial charge in [-0.05, 0) is 7.05 Å². The van der Waals surface area contributed by atoms with Crippen LogP contribution in [-0.4, -0.2) is 31.5 Å². The third kappa shape index (κ3) is 19100. The van der Waals surface area contributed by atoms with E-state index in [0.29, 0.717) is 0 Å². The third-order valence-electron chi connectivity index (χ3n) is 0. The molecule has 5 nitrogen and oxygen atoms in total. The van der Waals surface area contributed by atoms with E-state index in [-0.39, 0.29) is 21.7 Å². The van der Waals surface area contributed by atoms with Crippen molar-refractivity contribution < 1.29 is 42.1 Å². The van der Waals surface area contributed by atoms with Gasteiger partial charge in [-0.3, -0.25) is 0 Å². The van der Waals surface area contributed by atoms with Gasteiger partial charge < -0.3 is 26.2 Å². The van der Waals surface area contributed by atoms with Gasteiger partial charge in [-0.2, -0.15) is 0 Å². The zero-order valence-corrected chi connectivity index (χ0v) is 15.6. The smallest absolute Gasteiger partial charge is 0.852 e. The summed E-state index contributed by atoms with van der Waals surface area (Å²) in [5, 5.41) is 38.1. The fourth-order valence-corrected chi connectivity index (χ4v) is 0. The van der Waals surface area contributed by atoms with Gasteiger partial charge in [0.15, 0.2) is 0 Å². The summed E-state index contributed by atoms with van der Waals surface area (Å²) in [7, 11) is 1.50. The quantitative estimate of drug-likeness (QED) is 0.551. The average molecular weight is 315 g/mol. The Kier molecular flexibility index (Phi) is 69.9. The molecule has 6 heteroatoms. The molecular weight excluding hydrogens is 282 g/mol. The summed E-state index contributed by atoms with van der Waals surface area (Å²) >= 11 is 0. The van der Waals surface area contributed by atoms with E-state index in [1.165, 1.54) is 7.05 Å². The number of rotatable bonds is 0. The maximum atomic E-state index is 9.53. The fraction of sp³-hybridized carbons (Fsp3) is 1.00. The minimum Gasteiger partial charge on any atom is -0.852 e. The van der Waals surface area contributed by atoms with Crippen LogP contribution in [0.4, 0.5) is 0 Å². The van der Waals surface area contributed by atoms with Crippen LogP contribution < -0.4 is 26.2 Å². The minimum absolute atomic E-state index is 0. The SMILES string of the molecule is CC(C)[O-].CC(C)[O-].CC(C)[O-].CC(C)[O-].CN.[Ti+4]. The molecule has 118 valence electrons. The molecule has 0 atom stereocenters. The Morgan fingerprint density at radius 3 is 0.474 bits per heavy atom. The zero-order chi connectivity index (χ0) is 16.3. The van der Waals surface area contributed by atoms with Crippen LogP contribution in [0.5, 0.6) is 0 Å². The van der Waals surface area contributed by atoms with Crippen molar-refractivity contribution in [1.82, 2.24) is 0 Å². The van der Waals surface area contributed by atoms with Crippen molar-refractivity contribution in [3.8, 4) is 0 Å². The van der Waals surface area contributed by atoms with E-state index < -0.39 is 24.4 Å². The maximum absolute atomic E-state index is 9.53. The Labute approximate surface area is 135 Å². The van der Waals surface area contributed by atoms with Crippen molar-refractivity contribution in [2.75, 3.05) is 7.05 Å². The largest absolute Gasteiger partial charge is 4.00 e. The van der Waals surface area contributed by atoms with Crippen LogP contribution in [0.2, 0.25) is 0 Å². The van der Waals surface area contributed by atoms with Gasteiger partial charge in [0.1, 0.15) is 0 Å². The van der Waals surface area contributed by atoms with Gasteiger partial charge in [-0.15, -0.1) is 24.4 Å². The van der Waals surface area contributed by atoms with Gasteiger partial charge in [-0.1, -0.05) is 55.4 Å². The molecule has 0 saturated carbocycles. The van der Waals surface area contributed by atoms with Gasteiger partial charge >= 0.3 is 21.7 Å². The van der Waals surface area contributed by atoms with E-state index in [1.807, 2.05) is 0 Å². The van der Waals surface area contributed by atoms with Crippen LogP contribution in [0.3, 0.4) is 0 Å². The summed E-state index contributed by atoms with van der Waals surface area (Å²) in [5.41, 5.74) is 4.50. The second kappa shape index (κ2) is 36.3. The number of hydrogen-bond donors (Lipinski definition) is 1. The topological polar surface area (TPSA) is 118 Å². The Morgan fingerprint density at radius 1 is 0.474 bits per heavy atom. The van der Waals surface area contributed by atoms with Crippen LogP contribution in [0, 0.1) is 0 Å². The van der Waals surface area contributed by atoms with Crippen molar-refractivity contribution in [1.29, 1.82) is 0 Å². The van der Waals surface area contributed by atoms with Crippen molar-refractivity contribution in [3.63, 3.8) is 0 Å². The molecule has 0 aliphatic heterocycles. The van der Waals surface area contributed by atoms with E-state index in [9.17, 15) is 20.4 Å². The van der Waals surface area contributed by atoms with Gasteiger partial charge in [0.25, 0.3) is 0 Å². The van der Waals surface area contributed by atoms with Gasteiger partial charge in [0.2, 0.25) is 0 Å². The first kappa shape index (κ1) is 36.6. The maximum Gasteiger partial charge on any atom is 4.00 e. The first-order chi connectivity index (χ1) is 7.93. The molecule has 2 N–H and O–H groups in total. The molecular formula is C13H33NO4Ti. The van der Waals surface area contributed by atoms with Crippen molar-refractivity contribution in [3.05, 3.63) is 0 Å². The van der Waals surface area contributed by atoms with Gasteiger partial charge in [-0.25, -0.2) is 0 Å². The van der Waals surface area contributed by atoms with Crippen LogP contribution in [0.1, 0.15) is 55.4 Å². The molecule has 0 saturated heterocycles. The second-order valence-electron chi connectivity index (χ2n) is 4.20. The summed E-state index contributed by atoms with van der Waals surface area (Å²) in [4.78, 5) is 0. The molecule has 0 aliphatic rings. The van der Waals surface area contributed by atoms with Crippen LogP contribution in [0.15, 0.2) is 0 Å². The molecule has 0 heterocycles. The predicted octanol–water partition coefficient (Wildman–Crippen LogP) is -1.41. The van der Waals surface area contributed by atoms with Crippen LogP contribution in [0.25, 0.3) is 0 Å². The second-order valence-corrected chi connectivity index (χ2v) is 4.20. The summed E-state index contributed by atoms with van der Waals surface area (Å²) in [6.45, 7) is 12.9. The van der Waals surface area contributed by atoms with Crippen LogP contribution >= 0.6 is 0 Å². The van der Waals surface area contributed by atoms with E-state index in [4.69, 9.17) is 0 Å². The molecule has 19 heavy (non-hydrogen) atoms. The molecule has 0 amide bonds. The molecule has 0 radical (unpaired) electrons. The third-order valence-corrected chi connectivity index (χ3v) is 0. The Bertz CT molecular complexity index is 67.6. The zero-order valence-electron chi connectivity index (χ0n) is 14.0. The molecule has 0 unspecified atom stereocenters. The molecule has 0 rings (SSSR count). The van der Waals surface area contributed by atoms with Gasteiger partial charge in [0.05, 0.1) is 0 Å². The summed E-state index contributed by atoms with van der Waals surface area (Å²) < 4.78 is 0. The van der Waals surface area contributed by atoms with Crippen molar-refractivity contribution in [2.24, 2.45) is 5.73 Å². The van der Waals surface area contributed by atoms with Crippen LogP contribution in [-0.2, 0) is 21.7 Å². The molecule has 0 aromatic carbocycles. The molecule has 0 aromatic heterocycles. The van der Waals surface area contributed by atoms with E-state index in [2.05, 4.69) is 5.73 Å². The molecule has 0 fully saturated rings. The molecule has 0 aliphatic carbocycles. The standard InChI is InChI=1S/4C3H7O.CH5N.Ti/c4*1-3(2)4;1-2;/h4*3H,1-2H3;2H2,1H3;/q4*-1;;+4. The van der Waals surface area contributed by atoms with E-state index >= 15 is 0 Å². The number of nitrogens with two attached hydrogens (primary N) is 1. The van der Waals surface area contributed by atoms with E-state index in [1.54, 1.807) is 55.4 Å². The van der Waals surface area contributed by atoms with Crippen molar-refractivity contribution >= 4 is 0 Å². The van der Waals surface area contributed by atoms with Gasteiger partial charge in [0, 0.05) is 0 Å². The number of hydrogen-bond acceptors (Lipinski definition) is 5. The molecule has 0 spiro atoms. The monoisotopic (exact) mass is 315 g/mol. The summed E-state index contributed by atoms with van der Waals surface area (Å²) in [6.07, 6.45) is -1.67. The Morgan fingerprint density at radius 2 is 0.474 bits per heavy atom. The Hall–Kier alpha value is 0.514. The summed E-state index contributed by atoms with van der Waals surface area (Å²) in [6, 6.07) is 0. The fourth-order valence-electron chi connectivity index (χ4n) is 0. The minimum atomic E-state index is -0.417. The molecule has 0 aromatic rings. The normalized spacial score (nSPS) is 7.89. The first-order valence-electron chi connectivity index (χ1n) is 6.14. The van der Waals surface area contributed by atoms with E-state index in [0.717, 1.165) is 0 Å². The Balaban J connectivity index is -0.0000000279. The first-order valence-corrected chi connectivity index (χ1v) is 6.14. The molecule has 0 bridgehead atoms. The van der Waals surface area contributed by atoms with Crippen molar-refractivity contribution in [2.45, 2.75) is 79.8 Å². The average Bonchev–Trinajstić information content (AvgIpc) is 2.01. The predicted molar refractivity (Wildman–Crippen MR) is 70.7 cm³/mol.